The van der Waals surface area contributed by atoms with Gasteiger partial charge in [-0.25, -0.2) is 0 Å². The maximum absolute atomic E-state index is 12.7. The van der Waals surface area contributed by atoms with Gasteiger partial charge in [0.1, 0.15) is 0 Å². The Kier molecular flexibility index (Phi) is 5.45. The number of anilines is 1. The molecule has 0 bridgehead atoms. The molecule has 1 N–H and O–H groups in total. The number of carbonyl (C=O) groups excluding carboxylic acids is 1. The molecule has 1 amide bonds. The summed E-state index contributed by atoms with van der Waals surface area (Å²) in [6.45, 7) is 3.13. The summed E-state index contributed by atoms with van der Waals surface area (Å²) in [5, 5.41) is 6.80. The standard InChI is InChI=1S/C15H14Cl2F3N3O/c1-8(7-23-9(2)5-13(22-23)15(18,19)20)14(24)21-10-3-4-11(16)12(17)6-10/h3-6,8H,7H2,1-2H3,(H,21,24). The number of hydrogen-bond donors (Lipinski definition) is 1. The lowest BCUT2D eigenvalue weighted by Gasteiger charge is -2.14. The fourth-order valence-corrected chi connectivity index (χ4v) is 2.31. The van der Waals surface area contributed by atoms with Gasteiger partial charge in [0.25, 0.3) is 0 Å². The number of alkyl halides is 3. The first-order valence-corrected chi connectivity index (χ1v) is 7.71. The maximum atomic E-state index is 12.7. The maximum Gasteiger partial charge on any atom is 0.435 e. The first kappa shape index (κ1) is 18.6. The Bertz CT molecular complexity index is 759. The molecule has 0 radical (unpaired) electrons. The van der Waals surface area contributed by atoms with E-state index in [1.165, 1.54) is 23.7 Å². The van der Waals surface area contributed by atoms with Crippen molar-refractivity contribution in [2.24, 2.45) is 5.92 Å². The van der Waals surface area contributed by atoms with E-state index in [2.05, 4.69) is 10.4 Å². The minimum atomic E-state index is -4.51. The Morgan fingerprint density at radius 2 is 1.96 bits per heavy atom. The lowest BCUT2D eigenvalue weighted by Crippen LogP contribution is -2.25. The summed E-state index contributed by atoms with van der Waals surface area (Å²) in [5.41, 5.74) is -0.192. The van der Waals surface area contributed by atoms with Gasteiger partial charge in [-0.15, -0.1) is 0 Å². The van der Waals surface area contributed by atoms with E-state index in [0.29, 0.717) is 21.4 Å². The number of amides is 1. The molecule has 0 fully saturated rings. The van der Waals surface area contributed by atoms with Crippen LogP contribution in [0.4, 0.5) is 18.9 Å². The normalized spacial score (nSPS) is 13.0. The molecule has 1 heterocycles. The quantitative estimate of drug-likeness (QED) is 0.829. The molecule has 0 saturated carbocycles. The van der Waals surface area contributed by atoms with Crippen LogP contribution in [0.3, 0.4) is 0 Å². The predicted molar refractivity (Wildman–Crippen MR) is 86.2 cm³/mol. The van der Waals surface area contributed by atoms with E-state index >= 15 is 0 Å². The van der Waals surface area contributed by atoms with E-state index in [9.17, 15) is 18.0 Å². The van der Waals surface area contributed by atoms with Gasteiger partial charge in [-0.1, -0.05) is 30.1 Å². The summed E-state index contributed by atoms with van der Waals surface area (Å²) in [7, 11) is 0. The first-order chi connectivity index (χ1) is 11.1. The van der Waals surface area contributed by atoms with Crippen molar-refractivity contribution in [2.45, 2.75) is 26.6 Å². The van der Waals surface area contributed by atoms with Gasteiger partial charge in [0.15, 0.2) is 5.69 Å². The number of hydrogen-bond acceptors (Lipinski definition) is 2. The molecule has 130 valence electrons. The van der Waals surface area contributed by atoms with Gasteiger partial charge < -0.3 is 5.32 Å². The van der Waals surface area contributed by atoms with Crippen LogP contribution in [0.25, 0.3) is 0 Å². The van der Waals surface area contributed by atoms with Crippen molar-refractivity contribution in [1.82, 2.24) is 9.78 Å². The smallest absolute Gasteiger partial charge is 0.326 e. The molecule has 0 saturated heterocycles. The summed E-state index contributed by atoms with van der Waals surface area (Å²) in [5.74, 6) is -0.962. The second-order valence-corrected chi connectivity index (χ2v) is 6.18. The number of aryl methyl sites for hydroxylation is 1. The molecule has 1 atom stereocenters. The predicted octanol–water partition coefficient (Wildman–Crippen LogP) is 4.79. The van der Waals surface area contributed by atoms with Crippen LogP contribution in [0.2, 0.25) is 10.0 Å². The number of aromatic nitrogens is 2. The van der Waals surface area contributed by atoms with Crippen LogP contribution >= 0.6 is 23.2 Å². The average Bonchev–Trinajstić information content (AvgIpc) is 2.84. The van der Waals surface area contributed by atoms with E-state index in [1.807, 2.05) is 0 Å². The minimum Gasteiger partial charge on any atom is -0.326 e. The highest BCUT2D eigenvalue weighted by Crippen LogP contribution is 2.29. The Balaban J connectivity index is 2.06. The monoisotopic (exact) mass is 379 g/mol. The van der Waals surface area contributed by atoms with Crippen molar-refractivity contribution >= 4 is 34.8 Å². The van der Waals surface area contributed by atoms with Gasteiger partial charge in [0, 0.05) is 11.4 Å². The summed E-state index contributed by atoms with van der Waals surface area (Å²) < 4.78 is 39.1. The topological polar surface area (TPSA) is 46.9 Å². The molecule has 24 heavy (non-hydrogen) atoms. The number of halogens is 5. The molecular weight excluding hydrogens is 366 g/mol. The lowest BCUT2D eigenvalue weighted by atomic mass is 10.1. The van der Waals surface area contributed by atoms with Gasteiger partial charge >= 0.3 is 6.18 Å². The molecule has 0 aliphatic heterocycles. The van der Waals surface area contributed by atoms with Crippen molar-refractivity contribution in [2.75, 3.05) is 5.32 Å². The molecular formula is C15H14Cl2F3N3O. The van der Waals surface area contributed by atoms with Gasteiger partial charge in [0.2, 0.25) is 5.91 Å². The number of nitrogens with one attached hydrogen (secondary N) is 1. The molecule has 1 aromatic heterocycles. The largest absolute Gasteiger partial charge is 0.435 e. The van der Waals surface area contributed by atoms with Crippen LogP contribution in [0.5, 0.6) is 0 Å². The SMILES string of the molecule is Cc1cc(C(F)(F)F)nn1CC(C)C(=O)Nc1ccc(Cl)c(Cl)c1. The van der Waals surface area contributed by atoms with Crippen LogP contribution in [0, 0.1) is 12.8 Å². The summed E-state index contributed by atoms with van der Waals surface area (Å²) in [6, 6.07) is 5.57. The van der Waals surface area contributed by atoms with E-state index < -0.39 is 17.8 Å². The highest BCUT2D eigenvalue weighted by Gasteiger charge is 2.34. The number of rotatable bonds is 4. The van der Waals surface area contributed by atoms with Gasteiger partial charge in [-0.2, -0.15) is 18.3 Å². The zero-order valence-electron chi connectivity index (χ0n) is 12.8. The van der Waals surface area contributed by atoms with E-state index in [4.69, 9.17) is 23.2 Å². The van der Waals surface area contributed by atoms with Crippen molar-refractivity contribution in [1.29, 1.82) is 0 Å². The van der Waals surface area contributed by atoms with Crippen LogP contribution in [0.1, 0.15) is 18.3 Å². The number of carbonyl (C=O) groups is 1. The fraction of sp³-hybridized carbons (Fsp3) is 0.333. The second kappa shape index (κ2) is 7.03. The third kappa shape index (κ3) is 4.42. The van der Waals surface area contributed by atoms with Crippen molar-refractivity contribution in [3.8, 4) is 0 Å². The molecule has 0 aliphatic carbocycles. The molecule has 2 rings (SSSR count). The van der Waals surface area contributed by atoms with Crippen LogP contribution < -0.4 is 5.32 Å². The molecule has 1 aromatic carbocycles. The Morgan fingerprint density at radius 1 is 1.29 bits per heavy atom. The zero-order valence-corrected chi connectivity index (χ0v) is 14.3. The van der Waals surface area contributed by atoms with Crippen LogP contribution in [-0.2, 0) is 17.5 Å². The number of benzene rings is 1. The number of nitrogens with zero attached hydrogens (tertiary/aromatic N) is 2. The fourth-order valence-electron chi connectivity index (χ4n) is 2.02. The minimum absolute atomic E-state index is 0.0229. The highest BCUT2D eigenvalue weighted by atomic mass is 35.5. The third-order valence-corrected chi connectivity index (χ3v) is 4.09. The van der Waals surface area contributed by atoms with Crippen molar-refractivity contribution in [3.05, 3.63) is 45.7 Å². The summed E-state index contributed by atoms with van der Waals surface area (Å²) >= 11 is 11.7. The van der Waals surface area contributed by atoms with Gasteiger partial charge in [-0.3, -0.25) is 9.48 Å². The second-order valence-electron chi connectivity index (χ2n) is 5.37. The van der Waals surface area contributed by atoms with Crippen LogP contribution in [-0.4, -0.2) is 15.7 Å². The molecule has 2 aromatic rings. The molecule has 1 unspecified atom stereocenters. The highest BCUT2D eigenvalue weighted by molar-refractivity contribution is 6.42. The molecule has 9 heteroatoms. The summed E-state index contributed by atoms with van der Waals surface area (Å²) in [4.78, 5) is 12.2. The van der Waals surface area contributed by atoms with E-state index in [-0.39, 0.29) is 12.5 Å². The van der Waals surface area contributed by atoms with E-state index in [0.717, 1.165) is 6.07 Å². The first-order valence-electron chi connectivity index (χ1n) is 6.95. The van der Waals surface area contributed by atoms with Gasteiger partial charge in [-0.05, 0) is 31.2 Å². The molecule has 4 nitrogen and oxygen atoms in total. The molecule has 0 aliphatic rings. The third-order valence-electron chi connectivity index (χ3n) is 3.35. The molecule has 0 spiro atoms. The van der Waals surface area contributed by atoms with Crippen molar-refractivity contribution in [3.63, 3.8) is 0 Å². The Morgan fingerprint density at radius 3 is 2.50 bits per heavy atom. The zero-order chi connectivity index (χ0) is 18.1. The van der Waals surface area contributed by atoms with Gasteiger partial charge in [0.05, 0.1) is 22.5 Å². The average molecular weight is 380 g/mol. The lowest BCUT2D eigenvalue weighted by molar-refractivity contribution is -0.141. The Labute approximate surface area is 146 Å². The van der Waals surface area contributed by atoms with Crippen LogP contribution in [0.15, 0.2) is 24.3 Å². The summed E-state index contributed by atoms with van der Waals surface area (Å²) in [6.07, 6.45) is -4.51. The Hall–Kier alpha value is -1.73. The van der Waals surface area contributed by atoms with Crippen molar-refractivity contribution < 1.29 is 18.0 Å². The van der Waals surface area contributed by atoms with E-state index in [1.54, 1.807) is 13.0 Å².